The monoisotopic (exact) mass is 566 g/mol. The van der Waals surface area contributed by atoms with Crippen LogP contribution in [0.4, 0.5) is 0 Å². The van der Waals surface area contributed by atoms with Crippen LogP contribution < -0.4 is 0 Å². The van der Waals surface area contributed by atoms with Gasteiger partial charge in [-0.05, 0) is 47.9 Å². The molecule has 0 unspecified atom stereocenters. The molecule has 2 aliphatic rings. The Morgan fingerprint density at radius 3 is 1.46 bits per heavy atom. The maximum atomic E-state index is 9.55. The third-order valence-electron chi connectivity index (χ3n) is 6.52. The molecule has 1 aliphatic carbocycles. The number of benzene rings is 2. The van der Waals surface area contributed by atoms with E-state index < -0.39 is 23.9 Å². The molecule has 1 aliphatic heterocycles. The fourth-order valence-corrected chi connectivity index (χ4v) is 4.55. The highest BCUT2D eigenvalue weighted by Gasteiger charge is 2.17. The molecular formula is C31H38N2O8. The van der Waals surface area contributed by atoms with Gasteiger partial charge in [0.15, 0.2) is 0 Å². The summed E-state index contributed by atoms with van der Waals surface area (Å²) >= 11 is 0. The Kier molecular flexibility index (Phi) is 14.6. The van der Waals surface area contributed by atoms with Crippen LogP contribution >= 0.6 is 0 Å². The first-order valence-corrected chi connectivity index (χ1v) is 13.5. The number of hydrogen-bond donors (Lipinski definition) is 4. The molecule has 0 amide bonds. The van der Waals surface area contributed by atoms with E-state index in [0.29, 0.717) is 24.3 Å². The van der Waals surface area contributed by atoms with Gasteiger partial charge in [-0.3, -0.25) is 9.80 Å². The van der Waals surface area contributed by atoms with Gasteiger partial charge in [-0.2, -0.15) is 0 Å². The minimum Gasteiger partial charge on any atom is -0.478 e. The standard InChI is InChI=1S/C23H30N2.2C4H4O4/c1-3-7-20(8-4-1)18-24-13-15-25(16-14-24)19-21-11-12-22-9-5-2-6-10-23(22)17-21;2*5-3(6)1-2-4(7)8/h1,3-4,7-8,11-12,17H,2,5-6,9-10,13-16,18-19H2;2*1-2H,(H,5,6)(H,7,8)/b;2*2-1-. The zero-order valence-electron chi connectivity index (χ0n) is 23.0. The number of carboxylic acids is 4. The van der Waals surface area contributed by atoms with Crippen molar-refractivity contribution in [2.75, 3.05) is 26.2 Å². The summed E-state index contributed by atoms with van der Waals surface area (Å²) in [4.78, 5) is 43.4. The summed E-state index contributed by atoms with van der Waals surface area (Å²) in [6.45, 7) is 6.94. The first-order chi connectivity index (χ1) is 19.6. The Bertz CT molecular complexity index is 1140. The third-order valence-corrected chi connectivity index (χ3v) is 6.52. The van der Waals surface area contributed by atoms with Crippen LogP contribution in [0.25, 0.3) is 0 Å². The number of carbonyl (C=O) groups is 4. The summed E-state index contributed by atoms with van der Waals surface area (Å²) in [5.41, 5.74) is 6.17. The summed E-state index contributed by atoms with van der Waals surface area (Å²) in [5.74, 6) is -5.03. The number of rotatable bonds is 8. The molecule has 220 valence electrons. The van der Waals surface area contributed by atoms with Crippen LogP contribution in [0.15, 0.2) is 72.8 Å². The average molecular weight is 567 g/mol. The topological polar surface area (TPSA) is 156 Å². The van der Waals surface area contributed by atoms with E-state index in [0.717, 1.165) is 13.1 Å². The molecule has 0 spiro atoms. The Morgan fingerprint density at radius 2 is 1.00 bits per heavy atom. The van der Waals surface area contributed by atoms with E-state index in [1.54, 1.807) is 11.1 Å². The molecule has 0 bridgehead atoms. The summed E-state index contributed by atoms with van der Waals surface area (Å²) in [6, 6.07) is 18.1. The number of aryl methyl sites for hydroxylation is 2. The van der Waals surface area contributed by atoms with Crippen molar-refractivity contribution in [1.82, 2.24) is 9.80 Å². The zero-order valence-corrected chi connectivity index (χ0v) is 23.0. The summed E-state index contributed by atoms with van der Waals surface area (Å²) in [7, 11) is 0. The molecule has 10 heteroatoms. The zero-order chi connectivity index (χ0) is 30.0. The minimum absolute atomic E-state index is 0.558. The molecule has 0 atom stereocenters. The smallest absolute Gasteiger partial charge is 0.328 e. The van der Waals surface area contributed by atoms with E-state index in [4.69, 9.17) is 20.4 Å². The highest BCUT2D eigenvalue weighted by molar-refractivity contribution is 5.90. The molecule has 41 heavy (non-hydrogen) atoms. The van der Waals surface area contributed by atoms with Crippen LogP contribution in [0.2, 0.25) is 0 Å². The van der Waals surface area contributed by atoms with Crippen molar-refractivity contribution in [3.05, 3.63) is 95.1 Å². The lowest BCUT2D eigenvalue weighted by Gasteiger charge is -2.34. The maximum absolute atomic E-state index is 9.55. The molecule has 1 heterocycles. The maximum Gasteiger partial charge on any atom is 0.328 e. The van der Waals surface area contributed by atoms with Crippen LogP contribution in [0.3, 0.4) is 0 Å². The molecule has 2 aromatic carbocycles. The van der Waals surface area contributed by atoms with Crippen LogP contribution in [0, 0.1) is 0 Å². The lowest BCUT2D eigenvalue weighted by molar-refractivity contribution is -0.134. The first kappa shape index (κ1) is 32.9. The van der Waals surface area contributed by atoms with E-state index in [1.807, 2.05) is 0 Å². The van der Waals surface area contributed by atoms with E-state index in [1.165, 1.54) is 69.4 Å². The summed E-state index contributed by atoms with van der Waals surface area (Å²) in [6.07, 6.45) is 8.94. The molecule has 10 nitrogen and oxygen atoms in total. The quantitative estimate of drug-likeness (QED) is 0.274. The predicted octanol–water partition coefficient (Wildman–Crippen LogP) is 3.70. The third kappa shape index (κ3) is 14.6. The Labute approximate surface area is 239 Å². The fourth-order valence-electron chi connectivity index (χ4n) is 4.55. The van der Waals surface area contributed by atoms with Crippen molar-refractivity contribution < 1.29 is 39.6 Å². The van der Waals surface area contributed by atoms with Crippen molar-refractivity contribution in [3.63, 3.8) is 0 Å². The minimum atomic E-state index is -1.26. The van der Waals surface area contributed by atoms with Gasteiger partial charge in [-0.25, -0.2) is 19.2 Å². The Balaban J connectivity index is 0.000000304. The Morgan fingerprint density at radius 1 is 0.561 bits per heavy atom. The van der Waals surface area contributed by atoms with Gasteiger partial charge in [0.1, 0.15) is 0 Å². The number of nitrogens with zero attached hydrogens (tertiary/aromatic N) is 2. The summed E-state index contributed by atoms with van der Waals surface area (Å²) in [5, 5.41) is 31.2. The average Bonchev–Trinajstić information content (AvgIpc) is 3.18. The number of piperazine rings is 1. The highest BCUT2D eigenvalue weighted by atomic mass is 16.4. The number of hydrogen-bond acceptors (Lipinski definition) is 6. The van der Waals surface area contributed by atoms with Gasteiger partial charge in [0.2, 0.25) is 0 Å². The van der Waals surface area contributed by atoms with E-state index in [-0.39, 0.29) is 0 Å². The molecule has 4 N–H and O–H groups in total. The second-order valence-electron chi connectivity index (χ2n) is 9.72. The van der Waals surface area contributed by atoms with Crippen molar-refractivity contribution in [2.45, 2.75) is 45.2 Å². The largest absolute Gasteiger partial charge is 0.478 e. The molecule has 2 aromatic rings. The Hall–Kier alpha value is -4.28. The van der Waals surface area contributed by atoms with E-state index in [9.17, 15) is 19.2 Å². The highest BCUT2D eigenvalue weighted by Crippen LogP contribution is 2.22. The number of aliphatic carboxylic acids is 4. The van der Waals surface area contributed by atoms with Crippen molar-refractivity contribution in [3.8, 4) is 0 Å². The SMILES string of the molecule is O=C(O)/C=C\C(=O)O.O=C(O)/C=C\C(=O)O.c1ccc(CN2CCN(Cc3ccc4c(c3)CCCCC4)CC2)cc1. The van der Waals surface area contributed by atoms with Gasteiger partial charge in [0.05, 0.1) is 0 Å². The number of fused-ring (bicyclic) bond motifs is 1. The van der Waals surface area contributed by atoms with Gasteiger partial charge >= 0.3 is 23.9 Å². The van der Waals surface area contributed by atoms with Crippen LogP contribution in [-0.2, 0) is 45.1 Å². The number of carboxylic acid groups (broad SMARTS) is 4. The van der Waals surface area contributed by atoms with Crippen LogP contribution in [0.1, 0.15) is 41.5 Å². The van der Waals surface area contributed by atoms with E-state index >= 15 is 0 Å². The first-order valence-electron chi connectivity index (χ1n) is 13.5. The molecule has 1 saturated heterocycles. The van der Waals surface area contributed by atoms with Gasteiger partial charge < -0.3 is 20.4 Å². The second kappa shape index (κ2) is 18.1. The molecule has 1 fully saturated rings. The van der Waals surface area contributed by atoms with Crippen molar-refractivity contribution in [1.29, 1.82) is 0 Å². The van der Waals surface area contributed by atoms with Crippen LogP contribution in [0.5, 0.6) is 0 Å². The summed E-state index contributed by atoms with van der Waals surface area (Å²) < 4.78 is 0. The van der Waals surface area contributed by atoms with Crippen molar-refractivity contribution >= 4 is 23.9 Å². The molecule has 4 rings (SSSR count). The van der Waals surface area contributed by atoms with Crippen molar-refractivity contribution in [2.24, 2.45) is 0 Å². The van der Waals surface area contributed by atoms with Gasteiger partial charge in [0.25, 0.3) is 0 Å². The molecular weight excluding hydrogens is 528 g/mol. The normalized spacial score (nSPS) is 15.5. The lowest BCUT2D eigenvalue weighted by Crippen LogP contribution is -2.45. The second-order valence-corrected chi connectivity index (χ2v) is 9.72. The fraction of sp³-hybridized carbons (Fsp3) is 0.355. The molecule has 0 aromatic heterocycles. The molecule has 0 saturated carbocycles. The molecule has 0 radical (unpaired) electrons. The van der Waals surface area contributed by atoms with Gasteiger partial charge in [-0.15, -0.1) is 0 Å². The van der Waals surface area contributed by atoms with Gasteiger partial charge in [-0.1, -0.05) is 55.0 Å². The lowest BCUT2D eigenvalue weighted by atomic mass is 10.00. The van der Waals surface area contributed by atoms with Crippen LogP contribution in [-0.4, -0.2) is 80.3 Å². The predicted molar refractivity (Wildman–Crippen MR) is 154 cm³/mol. The van der Waals surface area contributed by atoms with Gasteiger partial charge in [0, 0.05) is 63.6 Å². The van der Waals surface area contributed by atoms with E-state index in [2.05, 4.69) is 58.3 Å².